The number of hydrogen-bond acceptors (Lipinski definition) is 7. The van der Waals surface area contributed by atoms with Gasteiger partial charge >= 0.3 is 0 Å². The molecule has 2 saturated heterocycles. The van der Waals surface area contributed by atoms with Crippen molar-refractivity contribution in [2.45, 2.75) is 62.3 Å². The van der Waals surface area contributed by atoms with Crippen LogP contribution < -0.4 is 24.8 Å². The Morgan fingerprint density at radius 3 is 2.40 bits per heavy atom. The van der Waals surface area contributed by atoms with Crippen LogP contribution in [0.1, 0.15) is 37.7 Å². The summed E-state index contributed by atoms with van der Waals surface area (Å²) in [5, 5.41) is 6.18. The number of likely N-dealkylation sites (tertiary alicyclic amines) is 1. The Morgan fingerprint density at radius 2 is 1.70 bits per heavy atom. The molecule has 43 heavy (non-hydrogen) atoms. The van der Waals surface area contributed by atoms with Gasteiger partial charge in [0.2, 0.25) is 17.7 Å². The van der Waals surface area contributed by atoms with Gasteiger partial charge in [-0.3, -0.25) is 14.4 Å². The molecule has 3 unspecified atom stereocenters. The van der Waals surface area contributed by atoms with Gasteiger partial charge in [0.25, 0.3) is 0 Å². The minimum atomic E-state index is -1.21. The first-order chi connectivity index (χ1) is 20.9. The minimum Gasteiger partial charge on any atom is -0.497 e. The lowest BCUT2D eigenvalue weighted by molar-refractivity contribution is -0.141. The smallest absolute Gasteiger partial charge is 0.246 e. The molecule has 1 aliphatic carbocycles. The zero-order valence-corrected chi connectivity index (χ0v) is 24.8. The van der Waals surface area contributed by atoms with Gasteiger partial charge in [0, 0.05) is 18.3 Å². The van der Waals surface area contributed by atoms with Crippen LogP contribution in [0.3, 0.4) is 0 Å². The fourth-order valence-corrected chi connectivity index (χ4v) is 7.22. The number of nitrogens with zero attached hydrogens (tertiary/aromatic N) is 1. The summed E-state index contributed by atoms with van der Waals surface area (Å²) in [5.74, 6) is -0.483. The second kappa shape index (κ2) is 11.9. The van der Waals surface area contributed by atoms with E-state index in [1.807, 2.05) is 30.4 Å². The summed E-state index contributed by atoms with van der Waals surface area (Å²) in [5.41, 5.74) is 0.315. The Kier molecular flexibility index (Phi) is 8.05. The predicted octanol–water partition coefficient (Wildman–Crippen LogP) is 3.49. The van der Waals surface area contributed by atoms with E-state index >= 15 is 0 Å². The second-order valence-corrected chi connectivity index (χ2v) is 11.7. The highest BCUT2D eigenvalue weighted by molar-refractivity contribution is 6.02. The number of ether oxygens (including phenoxy) is 4. The largest absolute Gasteiger partial charge is 0.497 e. The lowest BCUT2D eigenvalue weighted by Crippen LogP contribution is -2.56. The van der Waals surface area contributed by atoms with Gasteiger partial charge in [-0.25, -0.2) is 0 Å². The highest BCUT2D eigenvalue weighted by Crippen LogP contribution is 2.55. The second-order valence-electron chi connectivity index (χ2n) is 11.7. The van der Waals surface area contributed by atoms with E-state index < -0.39 is 29.6 Å². The van der Waals surface area contributed by atoms with Crippen molar-refractivity contribution in [2.75, 3.05) is 33.2 Å². The SMILES string of the molecule is COc1ccc(NC(=O)C2[C@@H]3C=CC4(O3)C(C(=O)NC3CCCCC3)N(CCc3ccc(OC)c(OC)c3)C(=O)[C@H]24)cc1. The summed E-state index contributed by atoms with van der Waals surface area (Å²) in [6.45, 7) is 0.282. The maximum absolute atomic E-state index is 14.3. The Hall–Kier alpha value is -4.05. The minimum absolute atomic E-state index is 0.0660. The summed E-state index contributed by atoms with van der Waals surface area (Å²) >= 11 is 0. The molecule has 228 valence electrons. The van der Waals surface area contributed by atoms with Gasteiger partial charge in [-0.1, -0.05) is 37.5 Å². The molecular formula is C33H39N3O7. The summed E-state index contributed by atoms with van der Waals surface area (Å²) in [6.07, 6.45) is 8.70. The van der Waals surface area contributed by atoms with E-state index in [1.54, 1.807) is 50.5 Å². The van der Waals surface area contributed by atoms with Crippen LogP contribution >= 0.6 is 0 Å². The van der Waals surface area contributed by atoms with Crippen molar-refractivity contribution in [3.8, 4) is 17.2 Å². The molecule has 2 aromatic carbocycles. The third-order valence-corrected chi connectivity index (χ3v) is 9.32. The number of amides is 3. The Bertz CT molecular complexity index is 1400. The average molecular weight is 590 g/mol. The molecule has 3 heterocycles. The molecule has 1 saturated carbocycles. The summed E-state index contributed by atoms with van der Waals surface area (Å²) in [6, 6.07) is 11.8. The molecule has 3 amide bonds. The molecule has 0 radical (unpaired) electrons. The zero-order valence-electron chi connectivity index (χ0n) is 24.8. The van der Waals surface area contributed by atoms with Gasteiger partial charge in [-0.2, -0.15) is 0 Å². The van der Waals surface area contributed by atoms with Crippen molar-refractivity contribution in [1.82, 2.24) is 10.2 Å². The van der Waals surface area contributed by atoms with E-state index in [9.17, 15) is 14.4 Å². The van der Waals surface area contributed by atoms with Gasteiger partial charge in [0.05, 0.1) is 39.3 Å². The van der Waals surface area contributed by atoms with Gasteiger partial charge < -0.3 is 34.5 Å². The molecule has 2 bridgehead atoms. The third-order valence-electron chi connectivity index (χ3n) is 9.32. The van der Waals surface area contributed by atoms with Crippen LogP contribution in [-0.4, -0.2) is 74.3 Å². The Morgan fingerprint density at radius 1 is 0.953 bits per heavy atom. The van der Waals surface area contributed by atoms with Crippen LogP contribution in [0.4, 0.5) is 5.69 Å². The number of methoxy groups -OCH3 is 3. The van der Waals surface area contributed by atoms with Crippen molar-refractivity contribution in [3.63, 3.8) is 0 Å². The van der Waals surface area contributed by atoms with Crippen LogP contribution in [0.5, 0.6) is 17.2 Å². The zero-order chi connectivity index (χ0) is 30.1. The van der Waals surface area contributed by atoms with E-state index in [0.29, 0.717) is 29.4 Å². The molecule has 10 nitrogen and oxygen atoms in total. The number of hydrogen-bond donors (Lipinski definition) is 2. The summed E-state index contributed by atoms with van der Waals surface area (Å²) in [4.78, 5) is 43.6. The maximum atomic E-state index is 14.3. The van der Waals surface area contributed by atoms with Crippen molar-refractivity contribution >= 4 is 23.4 Å². The van der Waals surface area contributed by atoms with Crippen LogP contribution in [0.15, 0.2) is 54.6 Å². The molecule has 10 heteroatoms. The summed E-state index contributed by atoms with van der Waals surface area (Å²) < 4.78 is 22.5. The Balaban J connectivity index is 1.28. The number of fused-ring (bicyclic) bond motifs is 1. The summed E-state index contributed by atoms with van der Waals surface area (Å²) in [7, 11) is 4.74. The number of rotatable bonds is 10. The highest BCUT2D eigenvalue weighted by Gasteiger charge is 2.72. The first-order valence-electron chi connectivity index (χ1n) is 15.0. The van der Waals surface area contributed by atoms with Crippen LogP contribution in [-0.2, 0) is 25.5 Å². The lowest BCUT2D eigenvalue weighted by atomic mass is 9.74. The highest BCUT2D eigenvalue weighted by atomic mass is 16.5. The normalized spacial score (nSPS) is 27.6. The van der Waals surface area contributed by atoms with Crippen LogP contribution in [0.2, 0.25) is 0 Å². The molecular weight excluding hydrogens is 550 g/mol. The maximum Gasteiger partial charge on any atom is 0.246 e. The Labute approximate surface area is 251 Å². The lowest BCUT2D eigenvalue weighted by Gasteiger charge is -2.34. The number of carbonyl (C=O) groups excluding carboxylic acids is 3. The molecule has 1 spiro atoms. The topological polar surface area (TPSA) is 115 Å². The standard InChI is InChI=1S/C33H39N3O7/c1-40-23-12-10-22(11-13-23)34-30(37)27-25-15-17-33(43-25)28(27)32(39)36(29(33)31(38)35-21-7-5-4-6-8-21)18-16-20-9-14-24(41-2)26(19-20)42-3/h9-15,17,19,21,25,27-29H,4-8,16,18H2,1-3H3,(H,34,37)(H,35,38)/t25-,27?,28-,29?,33?/m0/s1. The van der Waals surface area contributed by atoms with Gasteiger partial charge in [0.1, 0.15) is 17.4 Å². The van der Waals surface area contributed by atoms with E-state index in [1.165, 1.54) is 0 Å². The molecule has 3 fully saturated rings. The van der Waals surface area contributed by atoms with E-state index in [2.05, 4.69) is 10.6 Å². The number of anilines is 1. The van der Waals surface area contributed by atoms with Gasteiger partial charge in [0.15, 0.2) is 11.5 Å². The van der Waals surface area contributed by atoms with Gasteiger partial charge in [-0.05, 0) is 61.2 Å². The number of carbonyl (C=O) groups is 3. The predicted molar refractivity (Wildman–Crippen MR) is 159 cm³/mol. The van der Waals surface area contributed by atoms with Crippen molar-refractivity contribution in [3.05, 3.63) is 60.2 Å². The molecule has 2 N–H and O–H groups in total. The van der Waals surface area contributed by atoms with Crippen molar-refractivity contribution < 1.29 is 33.3 Å². The van der Waals surface area contributed by atoms with Crippen LogP contribution in [0, 0.1) is 11.8 Å². The van der Waals surface area contributed by atoms with Gasteiger partial charge in [-0.15, -0.1) is 0 Å². The molecule has 0 aromatic heterocycles. The molecule has 2 aromatic rings. The molecule has 3 aliphatic heterocycles. The first-order valence-corrected chi connectivity index (χ1v) is 15.0. The van der Waals surface area contributed by atoms with Crippen LogP contribution in [0.25, 0.3) is 0 Å². The van der Waals surface area contributed by atoms with Crippen molar-refractivity contribution in [1.29, 1.82) is 0 Å². The van der Waals surface area contributed by atoms with E-state index in [-0.39, 0.29) is 30.3 Å². The fraction of sp³-hybridized carbons (Fsp3) is 0.485. The fourth-order valence-electron chi connectivity index (χ4n) is 7.22. The first kappa shape index (κ1) is 29.0. The van der Waals surface area contributed by atoms with E-state index in [0.717, 1.165) is 37.7 Å². The van der Waals surface area contributed by atoms with E-state index in [4.69, 9.17) is 18.9 Å². The molecule has 6 rings (SSSR count). The molecule has 4 aliphatic rings. The number of nitrogens with one attached hydrogen (secondary N) is 2. The van der Waals surface area contributed by atoms with Crippen molar-refractivity contribution in [2.24, 2.45) is 11.8 Å². The quantitative estimate of drug-likeness (QED) is 0.408. The third kappa shape index (κ3) is 5.22. The average Bonchev–Trinajstić information content (AvgIpc) is 3.67. The number of benzene rings is 2. The molecule has 5 atom stereocenters. The monoisotopic (exact) mass is 589 g/mol.